The second-order valence-electron chi connectivity index (χ2n) is 10.2. The monoisotopic (exact) mass is 500 g/mol. The highest BCUT2D eigenvalue weighted by molar-refractivity contribution is 7.17. The molecule has 0 bridgehead atoms. The lowest BCUT2D eigenvalue weighted by molar-refractivity contribution is 0.0531. The molecule has 188 valence electrons. The fourth-order valence-electron chi connectivity index (χ4n) is 5.73. The second-order valence-corrected chi connectivity index (χ2v) is 11.3. The van der Waals surface area contributed by atoms with Crippen LogP contribution in [-0.4, -0.2) is 35.5 Å². The fourth-order valence-corrected chi connectivity index (χ4v) is 6.81. The zero-order valence-corrected chi connectivity index (χ0v) is 22.2. The van der Waals surface area contributed by atoms with Gasteiger partial charge in [0.05, 0.1) is 6.61 Å². The Morgan fingerprint density at radius 3 is 2.56 bits per heavy atom. The van der Waals surface area contributed by atoms with E-state index >= 15 is 0 Å². The molecule has 1 saturated carbocycles. The molecule has 0 radical (unpaired) electrons. The molecule has 2 aliphatic rings. The van der Waals surface area contributed by atoms with Crippen LogP contribution in [0.3, 0.4) is 0 Å². The normalized spacial score (nSPS) is 20.9. The smallest absolute Gasteiger partial charge is 0.348 e. The second kappa shape index (κ2) is 11.5. The van der Waals surface area contributed by atoms with Gasteiger partial charge in [0, 0.05) is 42.5 Å². The number of benzene rings is 1. The number of esters is 1. The summed E-state index contributed by atoms with van der Waals surface area (Å²) in [6.07, 6.45) is 9.79. The third-order valence-corrected chi connectivity index (χ3v) is 8.86. The van der Waals surface area contributed by atoms with Gasteiger partial charge in [-0.1, -0.05) is 50.1 Å². The lowest BCUT2D eigenvalue weighted by Crippen LogP contribution is -2.34. The number of carbonyl (C=O) groups excluding carboxylic acids is 1. The molecule has 0 atom stereocenters. The molecule has 1 aliphatic heterocycles. The Balaban J connectivity index is 1.54. The van der Waals surface area contributed by atoms with E-state index in [-0.39, 0.29) is 5.97 Å². The van der Waals surface area contributed by atoms with Gasteiger partial charge in [0.1, 0.15) is 4.88 Å². The van der Waals surface area contributed by atoms with Crippen LogP contribution in [-0.2, 0) is 11.3 Å². The van der Waals surface area contributed by atoms with E-state index in [0.717, 1.165) is 52.9 Å². The number of nitrogens with zero attached hydrogens (tertiary/aromatic N) is 2. The van der Waals surface area contributed by atoms with Crippen LogP contribution in [0.25, 0.3) is 16.0 Å². The van der Waals surface area contributed by atoms with Crippen LogP contribution < -0.4 is 0 Å². The number of aromatic nitrogens is 1. The van der Waals surface area contributed by atoms with Gasteiger partial charge in [-0.2, -0.15) is 0 Å². The van der Waals surface area contributed by atoms with Gasteiger partial charge in [-0.15, -0.1) is 11.3 Å². The molecule has 0 amide bonds. The Labute approximate surface area is 219 Å². The summed E-state index contributed by atoms with van der Waals surface area (Å²) in [6.45, 7) is 7.55. The van der Waals surface area contributed by atoms with Gasteiger partial charge < -0.3 is 4.74 Å². The Morgan fingerprint density at radius 1 is 1.08 bits per heavy atom. The SMILES string of the molecule is CCOC(=O)c1sc(-c2ccccc2)cc1C1=C(C2CCC(C)CC2)CN(Cc2ccncc2)CC1. The minimum Gasteiger partial charge on any atom is -0.462 e. The summed E-state index contributed by atoms with van der Waals surface area (Å²) < 4.78 is 5.54. The molecule has 2 aromatic heterocycles. The first kappa shape index (κ1) is 24.9. The Hall–Kier alpha value is -2.76. The van der Waals surface area contributed by atoms with Crippen molar-refractivity contribution in [3.05, 3.63) is 82.5 Å². The molecule has 0 N–H and O–H groups in total. The third kappa shape index (κ3) is 5.63. The van der Waals surface area contributed by atoms with Crippen LogP contribution in [0.1, 0.15) is 66.8 Å². The van der Waals surface area contributed by atoms with Crippen molar-refractivity contribution in [2.75, 3.05) is 19.7 Å². The molecule has 1 aliphatic carbocycles. The van der Waals surface area contributed by atoms with E-state index in [2.05, 4.69) is 59.3 Å². The molecule has 4 nitrogen and oxygen atoms in total. The lowest BCUT2D eigenvalue weighted by Gasteiger charge is -2.37. The standard InChI is InChI=1S/C31H36N2O2S/c1-3-35-31(34)30-27(19-29(36-30)25-7-5-4-6-8-25)26-15-18-33(20-23-13-16-32-17-14-23)21-28(26)24-11-9-22(2)10-12-24/h4-8,13-14,16-17,19,22,24H,3,9-12,15,18,20-21H2,1-2H3. The van der Waals surface area contributed by atoms with Gasteiger partial charge >= 0.3 is 5.97 Å². The fraction of sp³-hybridized carbons (Fsp3) is 0.419. The first-order valence-electron chi connectivity index (χ1n) is 13.3. The number of pyridine rings is 1. The number of hydrogen-bond acceptors (Lipinski definition) is 5. The average molecular weight is 501 g/mol. The molecule has 5 rings (SSSR count). The highest BCUT2D eigenvalue weighted by Crippen LogP contribution is 2.44. The Bertz CT molecular complexity index is 1190. The maximum atomic E-state index is 13.1. The molecule has 1 aromatic carbocycles. The van der Waals surface area contributed by atoms with Crippen molar-refractivity contribution in [2.45, 2.75) is 52.5 Å². The van der Waals surface area contributed by atoms with Gasteiger partial charge in [0.25, 0.3) is 0 Å². The van der Waals surface area contributed by atoms with E-state index in [1.807, 2.05) is 25.4 Å². The summed E-state index contributed by atoms with van der Waals surface area (Å²) in [5.41, 5.74) is 6.50. The number of hydrogen-bond donors (Lipinski definition) is 0. The number of ether oxygens (including phenoxy) is 1. The summed E-state index contributed by atoms with van der Waals surface area (Å²) in [5, 5.41) is 0. The van der Waals surface area contributed by atoms with E-state index in [9.17, 15) is 4.79 Å². The number of carbonyl (C=O) groups is 1. The van der Waals surface area contributed by atoms with Gasteiger partial charge in [0.15, 0.2) is 0 Å². The minimum atomic E-state index is -0.192. The minimum absolute atomic E-state index is 0.192. The van der Waals surface area contributed by atoms with Crippen LogP contribution in [0.5, 0.6) is 0 Å². The summed E-state index contributed by atoms with van der Waals surface area (Å²) in [7, 11) is 0. The first-order valence-corrected chi connectivity index (χ1v) is 14.1. The molecule has 0 saturated heterocycles. The zero-order chi connectivity index (χ0) is 24.9. The quantitative estimate of drug-likeness (QED) is 0.316. The topological polar surface area (TPSA) is 42.4 Å². The largest absolute Gasteiger partial charge is 0.462 e. The first-order chi connectivity index (χ1) is 17.6. The van der Waals surface area contributed by atoms with Crippen LogP contribution >= 0.6 is 11.3 Å². The molecule has 3 heterocycles. The maximum Gasteiger partial charge on any atom is 0.348 e. The predicted molar refractivity (Wildman–Crippen MR) is 148 cm³/mol. The van der Waals surface area contributed by atoms with Gasteiger partial charge in [-0.05, 0) is 78.5 Å². The van der Waals surface area contributed by atoms with E-state index in [1.54, 1.807) is 16.9 Å². The molecule has 5 heteroatoms. The summed E-state index contributed by atoms with van der Waals surface area (Å²) in [6, 6.07) is 16.9. The molecule has 1 fully saturated rings. The molecular formula is C31H36N2O2S. The van der Waals surface area contributed by atoms with Crippen molar-refractivity contribution in [2.24, 2.45) is 11.8 Å². The molecule has 0 spiro atoms. The van der Waals surface area contributed by atoms with Gasteiger partial charge in [-0.25, -0.2) is 4.79 Å². The molecule has 36 heavy (non-hydrogen) atoms. The van der Waals surface area contributed by atoms with E-state index < -0.39 is 0 Å². The Morgan fingerprint density at radius 2 is 1.83 bits per heavy atom. The van der Waals surface area contributed by atoms with Crippen molar-refractivity contribution >= 4 is 22.9 Å². The van der Waals surface area contributed by atoms with Crippen LogP contribution in [0, 0.1) is 11.8 Å². The molecule has 0 unspecified atom stereocenters. The van der Waals surface area contributed by atoms with Crippen molar-refractivity contribution < 1.29 is 9.53 Å². The summed E-state index contributed by atoms with van der Waals surface area (Å²) in [4.78, 5) is 21.8. The van der Waals surface area contributed by atoms with Crippen molar-refractivity contribution in [1.82, 2.24) is 9.88 Å². The highest BCUT2D eigenvalue weighted by Gasteiger charge is 2.31. The maximum absolute atomic E-state index is 13.1. The van der Waals surface area contributed by atoms with Crippen LogP contribution in [0.2, 0.25) is 0 Å². The number of thiophene rings is 1. The molecule has 3 aromatic rings. The van der Waals surface area contributed by atoms with E-state index in [0.29, 0.717) is 12.5 Å². The number of rotatable bonds is 7. The Kier molecular flexibility index (Phi) is 7.98. The van der Waals surface area contributed by atoms with E-state index in [1.165, 1.54) is 36.8 Å². The molecular weight excluding hydrogens is 464 g/mol. The van der Waals surface area contributed by atoms with Crippen molar-refractivity contribution in [3.63, 3.8) is 0 Å². The average Bonchev–Trinajstić information content (AvgIpc) is 3.36. The van der Waals surface area contributed by atoms with Crippen molar-refractivity contribution in [3.8, 4) is 10.4 Å². The summed E-state index contributed by atoms with van der Waals surface area (Å²) in [5.74, 6) is 1.21. The van der Waals surface area contributed by atoms with Crippen LogP contribution in [0.4, 0.5) is 0 Å². The highest BCUT2D eigenvalue weighted by atomic mass is 32.1. The zero-order valence-electron chi connectivity index (χ0n) is 21.4. The third-order valence-electron chi connectivity index (χ3n) is 7.70. The lowest BCUT2D eigenvalue weighted by atomic mass is 9.75. The van der Waals surface area contributed by atoms with Crippen LogP contribution in [0.15, 0.2) is 66.5 Å². The van der Waals surface area contributed by atoms with Gasteiger partial charge in [-0.3, -0.25) is 9.88 Å². The predicted octanol–water partition coefficient (Wildman–Crippen LogP) is 7.47. The van der Waals surface area contributed by atoms with Gasteiger partial charge in [0.2, 0.25) is 0 Å². The summed E-state index contributed by atoms with van der Waals surface area (Å²) >= 11 is 1.58. The van der Waals surface area contributed by atoms with Crippen molar-refractivity contribution in [1.29, 1.82) is 0 Å². The van der Waals surface area contributed by atoms with E-state index in [4.69, 9.17) is 4.74 Å².